The number of nitrogens with zero attached hydrogens (tertiary/aromatic N) is 1. The number of nitrogens with one attached hydrogen (secondary N) is 1. The quantitative estimate of drug-likeness (QED) is 0.855. The Bertz CT molecular complexity index is 398. The second-order valence-corrected chi connectivity index (χ2v) is 5.90. The van der Waals surface area contributed by atoms with Crippen LogP contribution in [0.15, 0.2) is 24.3 Å². The zero-order valence-corrected chi connectivity index (χ0v) is 11.4. The highest BCUT2D eigenvalue weighted by Crippen LogP contribution is 2.29. The van der Waals surface area contributed by atoms with E-state index < -0.39 is 0 Å². The second kappa shape index (κ2) is 5.41. The molecule has 1 aliphatic carbocycles. The molecule has 3 rings (SSSR count). The van der Waals surface area contributed by atoms with Crippen molar-refractivity contribution in [2.24, 2.45) is 0 Å². The van der Waals surface area contributed by atoms with Gasteiger partial charge in [0.25, 0.3) is 0 Å². The average Bonchev–Trinajstić information content (AvgIpc) is 3.10. The molecule has 2 aliphatic rings. The predicted molar refractivity (Wildman–Crippen MR) is 75.9 cm³/mol. The molecule has 18 heavy (non-hydrogen) atoms. The number of rotatable bonds is 5. The van der Waals surface area contributed by atoms with Crippen LogP contribution < -0.4 is 5.32 Å². The lowest BCUT2D eigenvalue weighted by Crippen LogP contribution is -2.34. The zero-order valence-electron chi connectivity index (χ0n) is 11.4. The first-order valence-corrected chi connectivity index (χ1v) is 7.34. The van der Waals surface area contributed by atoms with Crippen molar-refractivity contribution >= 4 is 0 Å². The summed E-state index contributed by atoms with van der Waals surface area (Å²) in [5, 5.41) is 3.72. The highest BCUT2D eigenvalue weighted by Gasteiger charge is 2.33. The molecule has 0 spiro atoms. The van der Waals surface area contributed by atoms with Gasteiger partial charge in [-0.2, -0.15) is 0 Å². The molecule has 0 amide bonds. The fourth-order valence-corrected chi connectivity index (χ4v) is 3.01. The molecular weight excluding hydrogens is 220 g/mol. The van der Waals surface area contributed by atoms with Crippen molar-refractivity contribution in [1.29, 1.82) is 0 Å². The van der Waals surface area contributed by atoms with Crippen molar-refractivity contribution in [2.75, 3.05) is 19.6 Å². The summed E-state index contributed by atoms with van der Waals surface area (Å²) >= 11 is 0. The van der Waals surface area contributed by atoms with Crippen molar-refractivity contribution in [3.8, 4) is 0 Å². The summed E-state index contributed by atoms with van der Waals surface area (Å²) in [4.78, 5) is 2.67. The third-order valence-electron chi connectivity index (χ3n) is 4.21. The first-order chi connectivity index (χ1) is 8.81. The molecule has 1 unspecified atom stereocenters. The molecule has 1 aromatic rings. The van der Waals surface area contributed by atoms with Crippen LogP contribution in [0, 0.1) is 6.92 Å². The predicted octanol–water partition coefficient (Wildman–Crippen LogP) is 2.36. The lowest BCUT2D eigenvalue weighted by atomic mass is 10.1. The summed E-state index contributed by atoms with van der Waals surface area (Å²) in [5.74, 6) is 0. The Hall–Kier alpha value is -0.860. The van der Waals surface area contributed by atoms with E-state index in [4.69, 9.17) is 0 Å². The van der Waals surface area contributed by atoms with Gasteiger partial charge >= 0.3 is 0 Å². The molecule has 1 saturated heterocycles. The fraction of sp³-hybridized carbons (Fsp3) is 0.625. The Balaban J connectivity index is 1.39. The minimum atomic E-state index is 0.732. The van der Waals surface area contributed by atoms with Crippen LogP contribution in [0.25, 0.3) is 0 Å². The third kappa shape index (κ3) is 3.12. The maximum Gasteiger partial charge on any atom is 0.0207 e. The van der Waals surface area contributed by atoms with Crippen LogP contribution >= 0.6 is 0 Å². The maximum absolute atomic E-state index is 3.72. The highest BCUT2D eigenvalue weighted by molar-refractivity contribution is 5.22. The van der Waals surface area contributed by atoms with Crippen molar-refractivity contribution in [3.63, 3.8) is 0 Å². The van der Waals surface area contributed by atoms with Gasteiger partial charge in [0, 0.05) is 25.2 Å². The van der Waals surface area contributed by atoms with E-state index in [0.717, 1.165) is 25.0 Å². The van der Waals surface area contributed by atoms with Crippen LogP contribution in [-0.4, -0.2) is 36.6 Å². The van der Waals surface area contributed by atoms with Crippen molar-refractivity contribution < 1.29 is 0 Å². The molecule has 2 heteroatoms. The monoisotopic (exact) mass is 244 g/mol. The smallest absolute Gasteiger partial charge is 0.0207 e. The molecular formula is C16H24N2. The Kier molecular flexibility index (Phi) is 3.67. The average molecular weight is 244 g/mol. The van der Waals surface area contributed by atoms with E-state index in [1.165, 1.54) is 43.5 Å². The van der Waals surface area contributed by atoms with Crippen molar-refractivity contribution in [3.05, 3.63) is 35.4 Å². The molecule has 1 aromatic carbocycles. The van der Waals surface area contributed by atoms with Gasteiger partial charge in [-0.25, -0.2) is 0 Å². The lowest BCUT2D eigenvalue weighted by Gasteiger charge is -2.15. The van der Waals surface area contributed by atoms with Crippen LogP contribution in [0.2, 0.25) is 0 Å². The van der Waals surface area contributed by atoms with E-state index in [1.807, 2.05) is 0 Å². The van der Waals surface area contributed by atoms with Gasteiger partial charge in [-0.1, -0.05) is 29.8 Å². The minimum absolute atomic E-state index is 0.732. The van der Waals surface area contributed by atoms with Gasteiger partial charge in [-0.15, -0.1) is 0 Å². The molecule has 0 radical (unpaired) electrons. The summed E-state index contributed by atoms with van der Waals surface area (Å²) in [5.41, 5.74) is 2.83. The first-order valence-electron chi connectivity index (χ1n) is 7.34. The summed E-state index contributed by atoms with van der Waals surface area (Å²) < 4.78 is 0. The number of aryl methyl sites for hydroxylation is 1. The molecule has 1 saturated carbocycles. The van der Waals surface area contributed by atoms with Crippen LogP contribution in [-0.2, 0) is 6.42 Å². The van der Waals surface area contributed by atoms with Gasteiger partial charge < -0.3 is 5.32 Å². The van der Waals surface area contributed by atoms with Gasteiger partial charge in [0.2, 0.25) is 0 Å². The van der Waals surface area contributed by atoms with Gasteiger partial charge in [0.1, 0.15) is 0 Å². The molecule has 2 fully saturated rings. The van der Waals surface area contributed by atoms with E-state index in [9.17, 15) is 0 Å². The Morgan fingerprint density at radius 1 is 1.28 bits per heavy atom. The van der Waals surface area contributed by atoms with Crippen LogP contribution in [0.3, 0.4) is 0 Å². The summed E-state index contributed by atoms with van der Waals surface area (Å²) in [6.07, 6.45) is 5.37. The van der Waals surface area contributed by atoms with Gasteiger partial charge in [0.05, 0.1) is 0 Å². The normalized spacial score (nSPS) is 24.6. The maximum atomic E-state index is 3.72. The van der Waals surface area contributed by atoms with E-state index in [2.05, 4.69) is 41.4 Å². The minimum Gasteiger partial charge on any atom is -0.312 e. The van der Waals surface area contributed by atoms with E-state index in [-0.39, 0.29) is 0 Å². The number of benzene rings is 1. The van der Waals surface area contributed by atoms with Crippen molar-refractivity contribution in [2.45, 2.75) is 44.7 Å². The van der Waals surface area contributed by atoms with Crippen LogP contribution in [0.5, 0.6) is 0 Å². The molecule has 1 aliphatic heterocycles. The van der Waals surface area contributed by atoms with E-state index >= 15 is 0 Å². The largest absolute Gasteiger partial charge is 0.312 e. The molecule has 1 N–H and O–H groups in total. The topological polar surface area (TPSA) is 15.3 Å². The summed E-state index contributed by atoms with van der Waals surface area (Å²) in [6.45, 7) is 5.87. The zero-order chi connectivity index (χ0) is 12.4. The van der Waals surface area contributed by atoms with E-state index in [1.54, 1.807) is 0 Å². The molecule has 2 nitrogen and oxygen atoms in total. The van der Waals surface area contributed by atoms with Gasteiger partial charge in [-0.05, 0) is 44.7 Å². The molecule has 98 valence electrons. The first kappa shape index (κ1) is 12.2. The lowest BCUT2D eigenvalue weighted by molar-refractivity contribution is 0.318. The number of hydrogen-bond donors (Lipinski definition) is 1. The number of hydrogen-bond acceptors (Lipinski definition) is 2. The Morgan fingerprint density at radius 2 is 2.17 bits per heavy atom. The third-order valence-corrected chi connectivity index (χ3v) is 4.21. The van der Waals surface area contributed by atoms with Crippen LogP contribution in [0.1, 0.15) is 30.4 Å². The fourth-order valence-electron chi connectivity index (χ4n) is 3.01. The molecule has 1 heterocycles. The Morgan fingerprint density at radius 3 is 2.94 bits per heavy atom. The standard InChI is InChI=1S/C16H24N2/c1-13-3-2-4-14(11-13)7-9-17-15-8-10-18(12-15)16-5-6-16/h2-4,11,15-17H,5-10,12H2,1H3. The SMILES string of the molecule is Cc1cccc(CCNC2CCN(C3CC3)C2)c1. The second-order valence-electron chi connectivity index (χ2n) is 5.90. The van der Waals surface area contributed by atoms with Gasteiger partial charge in [0.15, 0.2) is 0 Å². The molecule has 0 aromatic heterocycles. The van der Waals surface area contributed by atoms with Crippen molar-refractivity contribution in [1.82, 2.24) is 10.2 Å². The Labute approximate surface area is 110 Å². The molecule has 1 atom stereocenters. The molecule has 0 bridgehead atoms. The number of likely N-dealkylation sites (tertiary alicyclic amines) is 1. The van der Waals surface area contributed by atoms with Gasteiger partial charge in [-0.3, -0.25) is 4.90 Å². The summed E-state index contributed by atoms with van der Waals surface area (Å²) in [7, 11) is 0. The highest BCUT2D eigenvalue weighted by atomic mass is 15.2. The van der Waals surface area contributed by atoms with Crippen LogP contribution in [0.4, 0.5) is 0 Å². The summed E-state index contributed by atoms with van der Waals surface area (Å²) in [6, 6.07) is 10.5. The van der Waals surface area contributed by atoms with E-state index in [0.29, 0.717) is 0 Å².